The summed E-state index contributed by atoms with van der Waals surface area (Å²) in [6, 6.07) is 0.508. The van der Waals surface area contributed by atoms with Gasteiger partial charge in [-0.05, 0) is 32.7 Å². The van der Waals surface area contributed by atoms with Gasteiger partial charge in [0.15, 0.2) is 0 Å². The number of hydrogen-bond donors (Lipinski definition) is 3. The Balaban J connectivity index is 2.27. The molecule has 1 saturated carbocycles. The number of carboxylic acid groups (broad SMARTS) is 1. The van der Waals surface area contributed by atoms with Crippen LogP contribution in [0.25, 0.3) is 0 Å². The van der Waals surface area contributed by atoms with Gasteiger partial charge >= 0.3 is 5.97 Å². The lowest BCUT2D eigenvalue weighted by Crippen LogP contribution is -2.39. The van der Waals surface area contributed by atoms with Crippen LogP contribution < -0.4 is 10.6 Å². The summed E-state index contributed by atoms with van der Waals surface area (Å²) in [5.74, 6) is -1.12. The van der Waals surface area contributed by atoms with Crippen LogP contribution >= 0.6 is 0 Å². The van der Waals surface area contributed by atoms with Gasteiger partial charge in [0.25, 0.3) is 0 Å². The number of nitrogens with one attached hydrogen (secondary N) is 2. The van der Waals surface area contributed by atoms with Crippen molar-refractivity contribution in [1.29, 1.82) is 0 Å². The fraction of sp³-hybridized carbons (Fsp3) is 0.800. The quantitative estimate of drug-likeness (QED) is 0.614. The molecule has 1 aliphatic rings. The van der Waals surface area contributed by atoms with Crippen molar-refractivity contribution in [2.75, 3.05) is 13.6 Å². The minimum atomic E-state index is -0.993. The van der Waals surface area contributed by atoms with Crippen molar-refractivity contribution in [3.63, 3.8) is 0 Å². The molecule has 0 radical (unpaired) electrons. The Bertz CT molecular complexity index is 235. The lowest BCUT2D eigenvalue weighted by molar-refractivity contribution is -0.138. The first kappa shape index (κ1) is 12.0. The maximum Gasteiger partial charge on any atom is 0.322 e. The van der Waals surface area contributed by atoms with Crippen LogP contribution in [0, 0.1) is 5.92 Å². The standard InChI is InChI=1S/C10H18N2O3/c1-11-8-4-2-7(3-5-8)10(15)12-6-9(13)14/h7-8,11H,2-6H2,1H3,(H,12,15)(H,13,14). The molecule has 3 N–H and O–H groups in total. The second kappa shape index (κ2) is 5.70. The fourth-order valence-electron chi connectivity index (χ4n) is 1.95. The summed E-state index contributed by atoms with van der Waals surface area (Å²) >= 11 is 0. The summed E-state index contributed by atoms with van der Waals surface area (Å²) in [6.45, 7) is -0.273. The Hall–Kier alpha value is -1.10. The first-order chi connectivity index (χ1) is 7.13. The topological polar surface area (TPSA) is 78.4 Å². The van der Waals surface area contributed by atoms with E-state index >= 15 is 0 Å². The van der Waals surface area contributed by atoms with Gasteiger partial charge in [-0.15, -0.1) is 0 Å². The van der Waals surface area contributed by atoms with Crippen molar-refractivity contribution in [3.05, 3.63) is 0 Å². The maximum atomic E-state index is 11.5. The summed E-state index contributed by atoms with van der Waals surface area (Å²) in [4.78, 5) is 21.8. The van der Waals surface area contributed by atoms with Crippen molar-refractivity contribution in [2.24, 2.45) is 5.92 Å². The van der Waals surface area contributed by atoms with Gasteiger partial charge in [0.05, 0.1) is 0 Å². The van der Waals surface area contributed by atoms with E-state index in [2.05, 4.69) is 10.6 Å². The van der Waals surface area contributed by atoms with Crippen LogP contribution in [-0.4, -0.2) is 36.6 Å². The van der Waals surface area contributed by atoms with Crippen molar-refractivity contribution < 1.29 is 14.7 Å². The first-order valence-corrected chi connectivity index (χ1v) is 5.30. The van der Waals surface area contributed by atoms with E-state index in [4.69, 9.17) is 5.11 Å². The van der Waals surface area contributed by atoms with Crippen molar-refractivity contribution in [3.8, 4) is 0 Å². The van der Waals surface area contributed by atoms with Gasteiger partial charge < -0.3 is 15.7 Å². The summed E-state index contributed by atoms with van der Waals surface area (Å²) in [6.07, 6.45) is 3.66. The Morgan fingerprint density at radius 2 is 1.87 bits per heavy atom. The molecule has 0 aliphatic heterocycles. The third kappa shape index (κ3) is 3.87. The number of aliphatic carboxylic acids is 1. The van der Waals surface area contributed by atoms with Crippen LogP contribution in [0.5, 0.6) is 0 Å². The molecule has 0 aromatic carbocycles. The number of hydrogen-bond acceptors (Lipinski definition) is 3. The smallest absolute Gasteiger partial charge is 0.322 e. The second-order valence-corrected chi connectivity index (χ2v) is 3.95. The van der Waals surface area contributed by atoms with E-state index in [-0.39, 0.29) is 18.4 Å². The Labute approximate surface area is 89.2 Å². The maximum absolute atomic E-state index is 11.5. The van der Waals surface area contributed by atoms with Gasteiger partial charge in [0.2, 0.25) is 5.91 Å². The average molecular weight is 214 g/mol. The number of amides is 1. The highest BCUT2D eigenvalue weighted by atomic mass is 16.4. The summed E-state index contributed by atoms with van der Waals surface area (Å²) in [5.41, 5.74) is 0. The van der Waals surface area contributed by atoms with E-state index in [1.807, 2.05) is 7.05 Å². The van der Waals surface area contributed by atoms with E-state index in [0.717, 1.165) is 25.7 Å². The van der Waals surface area contributed by atoms with Crippen molar-refractivity contribution in [1.82, 2.24) is 10.6 Å². The highest BCUT2D eigenvalue weighted by Crippen LogP contribution is 2.23. The average Bonchev–Trinajstić information content (AvgIpc) is 2.26. The minimum absolute atomic E-state index is 0.00560. The Morgan fingerprint density at radius 3 is 2.33 bits per heavy atom. The van der Waals surface area contributed by atoms with Crippen molar-refractivity contribution >= 4 is 11.9 Å². The molecule has 0 aromatic rings. The van der Waals surface area contributed by atoms with Crippen LogP contribution in [0.2, 0.25) is 0 Å². The highest BCUT2D eigenvalue weighted by Gasteiger charge is 2.25. The molecule has 1 rings (SSSR count). The summed E-state index contributed by atoms with van der Waals surface area (Å²) in [5, 5.41) is 14.0. The van der Waals surface area contributed by atoms with E-state index in [9.17, 15) is 9.59 Å². The molecule has 5 nitrogen and oxygen atoms in total. The molecule has 0 atom stereocenters. The number of carbonyl (C=O) groups is 2. The van der Waals surface area contributed by atoms with Gasteiger partial charge in [-0.1, -0.05) is 0 Å². The van der Waals surface area contributed by atoms with E-state index in [1.54, 1.807) is 0 Å². The van der Waals surface area contributed by atoms with Crippen molar-refractivity contribution in [2.45, 2.75) is 31.7 Å². The predicted octanol–water partition coefficient (Wildman–Crippen LogP) is -0.0346. The second-order valence-electron chi connectivity index (χ2n) is 3.95. The molecule has 0 heterocycles. The highest BCUT2D eigenvalue weighted by molar-refractivity contribution is 5.82. The molecular formula is C10H18N2O3. The van der Waals surface area contributed by atoms with Crippen LogP contribution in [0.3, 0.4) is 0 Å². The van der Waals surface area contributed by atoms with Gasteiger partial charge in [-0.3, -0.25) is 9.59 Å². The molecular weight excluding hydrogens is 196 g/mol. The minimum Gasteiger partial charge on any atom is -0.480 e. The molecule has 1 aliphatic carbocycles. The molecule has 5 heteroatoms. The summed E-state index contributed by atoms with van der Waals surface area (Å²) < 4.78 is 0. The molecule has 0 bridgehead atoms. The van der Waals surface area contributed by atoms with Crippen LogP contribution in [0.15, 0.2) is 0 Å². The van der Waals surface area contributed by atoms with Crippen LogP contribution in [0.1, 0.15) is 25.7 Å². The normalized spacial score (nSPS) is 25.9. The van der Waals surface area contributed by atoms with Crippen LogP contribution in [0.4, 0.5) is 0 Å². The van der Waals surface area contributed by atoms with Gasteiger partial charge in [0.1, 0.15) is 6.54 Å². The SMILES string of the molecule is CNC1CCC(C(=O)NCC(=O)O)CC1. The van der Waals surface area contributed by atoms with Crippen LogP contribution in [-0.2, 0) is 9.59 Å². The fourth-order valence-corrected chi connectivity index (χ4v) is 1.95. The zero-order valence-electron chi connectivity index (χ0n) is 8.95. The number of carboxylic acids is 1. The van der Waals surface area contributed by atoms with E-state index in [0.29, 0.717) is 6.04 Å². The van der Waals surface area contributed by atoms with Gasteiger partial charge in [-0.25, -0.2) is 0 Å². The predicted molar refractivity (Wildman–Crippen MR) is 55.5 cm³/mol. The lowest BCUT2D eigenvalue weighted by atomic mass is 9.85. The Morgan fingerprint density at radius 1 is 1.27 bits per heavy atom. The molecule has 0 spiro atoms. The van der Waals surface area contributed by atoms with E-state index < -0.39 is 5.97 Å². The molecule has 0 unspecified atom stereocenters. The van der Waals surface area contributed by atoms with Gasteiger partial charge in [-0.2, -0.15) is 0 Å². The molecule has 86 valence electrons. The zero-order valence-corrected chi connectivity index (χ0v) is 8.95. The molecule has 0 saturated heterocycles. The first-order valence-electron chi connectivity index (χ1n) is 5.30. The zero-order chi connectivity index (χ0) is 11.3. The monoisotopic (exact) mass is 214 g/mol. The lowest BCUT2D eigenvalue weighted by Gasteiger charge is -2.27. The number of rotatable bonds is 4. The molecule has 0 aromatic heterocycles. The third-order valence-electron chi connectivity index (χ3n) is 2.92. The Kier molecular flexibility index (Phi) is 4.55. The summed E-state index contributed by atoms with van der Waals surface area (Å²) in [7, 11) is 1.93. The third-order valence-corrected chi connectivity index (χ3v) is 2.92. The molecule has 1 amide bonds. The molecule has 1 fully saturated rings. The largest absolute Gasteiger partial charge is 0.480 e. The van der Waals surface area contributed by atoms with E-state index in [1.165, 1.54) is 0 Å². The number of carbonyl (C=O) groups excluding carboxylic acids is 1. The van der Waals surface area contributed by atoms with Gasteiger partial charge in [0, 0.05) is 12.0 Å². The molecule has 15 heavy (non-hydrogen) atoms.